The number of unbranched alkanes of at least 4 members (excludes halogenated alkanes) is 12. The normalized spacial score (nSPS) is 13.6. The summed E-state index contributed by atoms with van der Waals surface area (Å²) in [6, 6.07) is -1.95. The topological polar surface area (TPSA) is 186 Å². The molecule has 0 aromatic rings. The molecular formula is C25H48N6O4. The molecule has 0 saturated heterocycles. The van der Waals surface area contributed by atoms with Crippen LogP contribution in [-0.2, 0) is 14.4 Å². The number of nitrogens with one attached hydrogen (secondary N) is 1. The van der Waals surface area contributed by atoms with Crippen LogP contribution in [0.1, 0.15) is 110 Å². The predicted molar refractivity (Wildman–Crippen MR) is 141 cm³/mol. The van der Waals surface area contributed by atoms with Gasteiger partial charge in [0.15, 0.2) is 0 Å². The maximum atomic E-state index is 12.1. The first-order valence-corrected chi connectivity index (χ1v) is 13.1. The summed E-state index contributed by atoms with van der Waals surface area (Å²) in [5.74, 6) is 3.18. The van der Waals surface area contributed by atoms with Gasteiger partial charge in [-0.05, 0) is 12.8 Å². The zero-order valence-electron chi connectivity index (χ0n) is 21.6. The van der Waals surface area contributed by atoms with Crippen molar-refractivity contribution in [1.82, 2.24) is 5.32 Å². The van der Waals surface area contributed by atoms with E-state index >= 15 is 0 Å². The molecule has 2 amide bonds. The van der Waals surface area contributed by atoms with Crippen molar-refractivity contribution in [1.29, 1.82) is 0 Å². The van der Waals surface area contributed by atoms with Gasteiger partial charge in [0.05, 0.1) is 11.8 Å². The van der Waals surface area contributed by atoms with E-state index in [0.29, 0.717) is 6.42 Å². The van der Waals surface area contributed by atoms with E-state index in [9.17, 15) is 19.5 Å². The Hall–Kier alpha value is -2.49. The molecule has 0 radical (unpaired) electrons. The first kappa shape index (κ1) is 32.5. The van der Waals surface area contributed by atoms with E-state index in [-0.39, 0.29) is 31.0 Å². The molecular weight excluding hydrogens is 448 g/mol. The number of amides is 2. The van der Waals surface area contributed by atoms with Gasteiger partial charge < -0.3 is 27.7 Å². The minimum Gasteiger partial charge on any atom is -0.480 e. The maximum absolute atomic E-state index is 12.1. The molecule has 35 heavy (non-hydrogen) atoms. The molecule has 0 aromatic carbocycles. The molecule has 0 aliphatic rings. The molecule has 0 spiro atoms. The van der Waals surface area contributed by atoms with Crippen molar-refractivity contribution in [3.05, 3.63) is 0 Å². The van der Waals surface area contributed by atoms with Crippen LogP contribution in [0.2, 0.25) is 0 Å². The fourth-order valence-corrected chi connectivity index (χ4v) is 3.67. The summed E-state index contributed by atoms with van der Waals surface area (Å²) in [6.07, 6.45) is 17.7. The third kappa shape index (κ3) is 19.5. The van der Waals surface area contributed by atoms with Crippen molar-refractivity contribution < 1.29 is 19.5 Å². The summed E-state index contributed by atoms with van der Waals surface area (Å²) in [7, 11) is 0. The first-order valence-electron chi connectivity index (χ1n) is 13.1. The smallest absolute Gasteiger partial charge is 0.326 e. The first-order chi connectivity index (χ1) is 16.8. The van der Waals surface area contributed by atoms with Crippen molar-refractivity contribution >= 4 is 29.7 Å². The number of aliphatic imine (C=N–C) groups is 1. The molecule has 0 fully saturated rings. The van der Waals surface area contributed by atoms with E-state index < -0.39 is 24.0 Å². The average molecular weight is 497 g/mol. The van der Waals surface area contributed by atoms with Gasteiger partial charge in [-0.15, -0.1) is 0 Å². The van der Waals surface area contributed by atoms with Gasteiger partial charge in [-0.3, -0.25) is 14.6 Å². The molecule has 10 nitrogen and oxygen atoms in total. The largest absolute Gasteiger partial charge is 0.480 e. The molecule has 0 aromatic heterocycles. The number of aliphatic carboxylic acids is 1. The van der Waals surface area contributed by atoms with Crippen LogP contribution >= 0.6 is 0 Å². The molecule has 0 bridgehead atoms. The van der Waals surface area contributed by atoms with Crippen molar-refractivity contribution in [2.75, 3.05) is 6.54 Å². The molecule has 0 rings (SSSR count). The van der Waals surface area contributed by atoms with E-state index in [1.54, 1.807) is 0 Å². The molecule has 202 valence electrons. The monoisotopic (exact) mass is 496 g/mol. The fraction of sp³-hybridized carbons (Fsp3) is 0.800. The second kappa shape index (κ2) is 22.0. The highest BCUT2D eigenvalue weighted by Crippen LogP contribution is 2.13. The van der Waals surface area contributed by atoms with Crippen LogP contribution in [0.4, 0.5) is 0 Å². The molecule has 0 saturated carbocycles. The number of primary amides is 1. The minimum absolute atomic E-state index is 0.0353. The van der Waals surface area contributed by atoms with E-state index in [1.165, 1.54) is 70.4 Å². The third-order valence-corrected chi connectivity index (χ3v) is 5.89. The van der Waals surface area contributed by atoms with Crippen molar-refractivity contribution in [2.45, 2.75) is 122 Å². The number of carbonyl (C=O) groups excluding carboxylic acids is 2. The Bertz CT molecular complexity index is 654. The average Bonchev–Trinajstić information content (AvgIpc) is 2.82. The Morgan fingerprint density at radius 2 is 1.43 bits per heavy atom. The van der Waals surface area contributed by atoms with Gasteiger partial charge in [0.25, 0.3) is 0 Å². The second-order valence-corrected chi connectivity index (χ2v) is 9.11. The number of nitrogens with two attached hydrogens (primary N) is 3. The van der Waals surface area contributed by atoms with Gasteiger partial charge in [-0.25, -0.2) is 4.79 Å². The Morgan fingerprint density at radius 3 is 1.89 bits per heavy atom. The number of carbonyl (C=O) groups is 3. The fourth-order valence-electron chi connectivity index (χ4n) is 3.67. The lowest BCUT2D eigenvalue weighted by Gasteiger charge is -2.13. The van der Waals surface area contributed by atoms with Gasteiger partial charge in [0, 0.05) is 25.6 Å². The lowest BCUT2D eigenvalue weighted by Crippen LogP contribution is -2.41. The van der Waals surface area contributed by atoms with Gasteiger partial charge in [-0.2, -0.15) is 5.10 Å². The van der Waals surface area contributed by atoms with Crippen molar-refractivity contribution in [3.63, 3.8) is 0 Å². The van der Waals surface area contributed by atoms with Gasteiger partial charge in [0.1, 0.15) is 6.04 Å². The summed E-state index contributed by atoms with van der Waals surface area (Å²) in [5, 5.41) is 15.4. The lowest BCUT2D eigenvalue weighted by atomic mass is 10.0. The second-order valence-electron chi connectivity index (χ2n) is 9.11. The van der Waals surface area contributed by atoms with E-state index in [2.05, 4.69) is 22.3 Å². The maximum Gasteiger partial charge on any atom is 0.326 e. The molecule has 10 heteroatoms. The van der Waals surface area contributed by atoms with Crippen molar-refractivity contribution in [3.8, 4) is 0 Å². The number of nitrogens with zero attached hydrogens (tertiary/aromatic N) is 2. The molecule has 2 atom stereocenters. The van der Waals surface area contributed by atoms with Crippen LogP contribution in [0, 0.1) is 0 Å². The summed E-state index contributed by atoms with van der Waals surface area (Å²) >= 11 is 0. The van der Waals surface area contributed by atoms with Gasteiger partial charge in [0.2, 0.25) is 11.8 Å². The highest BCUT2D eigenvalue weighted by molar-refractivity contribution is 6.31. The molecule has 0 aliphatic heterocycles. The number of rotatable bonds is 23. The molecule has 8 N–H and O–H groups in total. The Labute approximate surface area is 210 Å². The Kier molecular flexibility index (Phi) is 20.4. The number of carboxylic acid groups (broad SMARTS) is 1. The predicted octanol–water partition coefficient (Wildman–Crippen LogP) is 3.02. The van der Waals surface area contributed by atoms with E-state index in [0.717, 1.165) is 19.3 Å². The van der Waals surface area contributed by atoms with E-state index in [4.69, 9.17) is 17.3 Å². The minimum atomic E-state index is -1.11. The number of carboxylic acids is 1. The van der Waals surface area contributed by atoms with Crippen LogP contribution in [0.25, 0.3) is 0 Å². The van der Waals surface area contributed by atoms with Crippen LogP contribution in [0.3, 0.4) is 0 Å². The van der Waals surface area contributed by atoms with Crippen LogP contribution < -0.4 is 22.6 Å². The molecule has 0 heterocycles. The summed E-state index contributed by atoms with van der Waals surface area (Å²) in [5.41, 5.74) is 10.9. The zero-order valence-corrected chi connectivity index (χ0v) is 21.6. The highest BCUT2D eigenvalue weighted by Gasteiger charge is 2.19. The number of hydrogen-bond acceptors (Lipinski definition) is 7. The van der Waals surface area contributed by atoms with Crippen LogP contribution in [-0.4, -0.2) is 53.4 Å². The number of hydrogen-bond donors (Lipinski definition) is 5. The van der Waals surface area contributed by atoms with Crippen molar-refractivity contribution in [2.24, 2.45) is 27.4 Å². The standard InChI is InChI=1S/C25H48N6O4/c1-2-3-4-5-6-7-8-9-10-11-12-13-14-15-23(32)30-22(25(34)35)16-17-29-19-20(31-28)18-21(26)24(27)33/h19,21-22H,2-18,26,28H2,1H3,(H2,27,33)(H,30,32)(H,34,35)/t21-,22-/m0/s1. The SMILES string of the molecule is CCCCCCCCCCCCCCCC(=O)N[C@@H](CCN=CC(C[C@H](N)C(N)=O)=NN)C(=O)O. The Morgan fingerprint density at radius 1 is 0.914 bits per heavy atom. The summed E-state index contributed by atoms with van der Waals surface area (Å²) in [6.45, 7) is 2.38. The zero-order chi connectivity index (χ0) is 26.3. The summed E-state index contributed by atoms with van der Waals surface area (Å²) < 4.78 is 0. The van der Waals surface area contributed by atoms with E-state index in [1.807, 2.05) is 0 Å². The summed E-state index contributed by atoms with van der Waals surface area (Å²) in [4.78, 5) is 38.6. The quantitative estimate of drug-likeness (QED) is 0.0625. The molecule has 0 unspecified atom stereocenters. The third-order valence-electron chi connectivity index (χ3n) is 5.89. The highest BCUT2D eigenvalue weighted by atomic mass is 16.4. The van der Waals surface area contributed by atoms with Gasteiger partial charge >= 0.3 is 5.97 Å². The lowest BCUT2D eigenvalue weighted by molar-refractivity contribution is -0.142. The van der Waals surface area contributed by atoms with Crippen LogP contribution in [0.15, 0.2) is 10.1 Å². The van der Waals surface area contributed by atoms with Crippen LogP contribution in [0.5, 0.6) is 0 Å². The number of hydrazone groups is 1. The van der Waals surface area contributed by atoms with Gasteiger partial charge in [-0.1, -0.05) is 84.0 Å². The Balaban J connectivity index is 3.95. The molecule has 0 aliphatic carbocycles.